The van der Waals surface area contributed by atoms with Crippen LogP contribution in [0.15, 0.2) is 41.0 Å². The van der Waals surface area contributed by atoms with Crippen molar-refractivity contribution >= 4 is 22.0 Å². The molecule has 0 fully saturated rings. The molecule has 1 aromatic carbocycles. The molecule has 7 nitrogen and oxygen atoms in total. The van der Waals surface area contributed by atoms with Gasteiger partial charge in [0.2, 0.25) is 0 Å². The van der Waals surface area contributed by atoms with Crippen LogP contribution in [0.2, 0.25) is 0 Å². The molecule has 0 aromatic heterocycles. The van der Waals surface area contributed by atoms with Gasteiger partial charge in [0.15, 0.2) is 0 Å². The number of ether oxygens (including phenoxy) is 1. The van der Waals surface area contributed by atoms with Crippen molar-refractivity contribution < 1.29 is 22.1 Å². The van der Waals surface area contributed by atoms with Gasteiger partial charge >= 0.3 is 16.2 Å². The standard InChI is InChI=1S/C16H20N2O5S/c1-11-5-7-13(8-6-11)24(20,21)23-12-9-14(17)18(10-12)15(19)22-16(2,3)4/h5-9,17H,10H2,1-4H3. The fourth-order valence-electron chi connectivity index (χ4n) is 1.94. The van der Waals surface area contributed by atoms with Gasteiger partial charge in [0, 0.05) is 6.08 Å². The molecule has 0 atom stereocenters. The van der Waals surface area contributed by atoms with Crippen molar-refractivity contribution in [2.45, 2.75) is 38.2 Å². The summed E-state index contributed by atoms with van der Waals surface area (Å²) >= 11 is 0. The Morgan fingerprint density at radius 2 is 1.79 bits per heavy atom. The molecule has 0 saturated heterocycles. The van der Waals surface area contributed by atoms with E-state index >= 15 is 0 Å². The first-order chi connectivity index (χ1) is 11.0. The summed E-state index contributed by atoms with van der Waals surface area (Å²) in [5.74, 6) is -0.190. The van der Waals surface area contributed by atoms with Gasteiger partial charge in [-0.1, -0.05) is 17.7 Å². The summed E-state index contributed by atoms with van der Waals surface area (Å²) in [5, 5.41) is 7.79. The van der Waals surface area contributed by atoms with Crippen LogP contribution in [0.4, 0.5) is 4.79 Å². The molecule has 0 unspecified atom stereocenters. The summed E-state index contributed by atoms with van der Waals surface area (Å²) < 4.78 is 34.7. The molecule has 2 rings (SSSR count). The third-order valence-corrected chi connectivity index (χ3v) is 4.33. The Morgan fingerprint density at radius 1 is 1.21 bits per heavy atom. The fraction of sp³-hybridized carbons (Fsp3) is 0.375. The van der Waals surface area contributed by atoms with E-state index in [1.807, 2.05) is 6.92 Å². The van der Waals surface area contributed by atoms with Crippen LogP contribution in [0.1, 0.15) is 26.3 Å². The van der Waals surface area contributed by atoms with E-state index in [-0.39, 0.29) is 23.0 Å². The first-order valence-electron chi connectivity index (χ1n) is 7.29. The van der Waals surface area contributed by atoms with E-state index in [0.29, 0.717) is 0 Å². The normalized spacial score (nSPS) is 15.2. The van der Waals surface area contributed by atoms with Gasteiger partial charge < -0.3 is 8.92 Å². The van der Waals surface area contributed by atoms with Crippen LogP contribution in [-0.4, -0.2) is 37.4 Å². The van der Waals surface area contributed by atoms with Crippen molar-refractivity contribution in [3.63, 3.8) is 0 Å². The zero-order chi connectivity index (χ0) is 18.1. The first kappa shape index (κ1) is 18.0. The number of rotatable bonds is 3. The maximum Gasteiger partial charge on any atom is 0.416 e. The number of amidine groups is 1. The molecule has 1 aliphatic heterocycles. The average Bonchev–Trinajstić information content (AvgIpc) is 2.77. The SMILES string of the molecule is Cc1ccc(S(=O)(=O)OC2=CC(=N)N(C(=O)OC(C)(C)C)C2)cc1. The molecule has 0 aliphatic carbocycles. The van der Waals surface area contributed by atoms with E-state index in [4.69, 9.17) is 14.3 Å². The Morgan fingerprint density at radius 3 is 2.33 bits per heavy atom. The molecule has 8 heteroatoms. The van der Waals surface area contributed by atoms with Crippen molar-refractivity contribution in [3.05, 3.63) is 41.7 Å². The van der Waals surface area contributed by atoms with E-state index in [9.17, 15) is 13.2 Å². The van der Waals surface area contributed by atoms with E-state index in [1.54, 1.807) is 32.9 Å². The van der Waals surface area contributed by atoms with Crippen molar-refractivity contribution in [1.29, 1.82) is 5.41 Å². The predicted molar refractivity (Wildman–Crippen MR) is 88.2 cm³/mol. The minimum absolute atomic E-state index is 0.00793. The fourth-order valence-corrected chi connectivity index (χ4v) is 2.89. The lowest BCUT2D eigenvalue weighted by molar-refractivity contribution is 0.0379. The maximum absolute atomic E-state index is 12.2. The van der Waals surface area contributed by atoms with Gasteiger partial charge in [-0.25, -0.2) is 4.79 Å². The van der Waals surface area contributed by atoms with Gasteiger partial charge in [0.25, 0.3) is 0 Å². The van der Waals surface area contributed by atoms with Crippen LogP contribution in [0, 0.1) is 12.3 Å². The summed E-state index contributed by atoms with van der Waals surface area (Å²) in [6, 6.07) is 6.21. The number of aryl methyl sites for hydroxylation is 1. The Balaban J connectivity index is 2.09. The summed E-state index contributed by atoms with van der Waals surface area (Å²) in [5.41, 5.74) is 0.210. The molecule has 0 radical (unpaired) electrons. The summed E-state index contributed by atoms with van der Waals surface area (Å²) in [4.78, 5) is 13.0. The van der Waals surface area contributed by atoms with Crippen LogP contribution in [-0.2, 0) is 19.0 Å². The number of benzene rings is 1. The highest BCUT2D eigenvalue weighted by Crippen LogP contribution is 2.22. The van der Waals surface area contributed by atoms with E-state index in [2.05, 4.69) is 0 Å². The van der Waals surface area contributed by atoms with E-state index < -0.39 is 21.8 Å². The van der Waals surface area contributed by atoms with Crippen LogP contribution >= 0.6 is 0 Å². The number of hydrogen-bond acceptors (Lipinski definition) is 6. The van der Waals surface area contributed by atoms with Crippen LogP contribution in [0.3, 0.4) is 0 Å². The van der Waals surface area contributed by atoms with Gasteiger partial charge in [0.1, 0.15) is 22.1 Å². The number of nitrogens with zero attached hydrogens (tertiary/aromatic N) is 1. The van der Waals surface area contributed by atoms with Gasteiger partial charge in [-0.2, -0.15) is 8.42 Å². The highest BCUT2D eigenvalue weighted by molar-refractivity contribution is 7.86. The lowest BCUT2D eigenvalue weighted by Gasteiger charge is -2.24. The molecule has 0 saturated carbocycles. The summed E-state index contributed by atoms with van der Waals surface area (Å²) in [6.45, 7) is 6.79. The van der Waals surface area contributed by atoms with Crippen LogP contribution in [0.5, 0.6) is 0 Å². The third kappa shape index (κ3) is 4.35. The van der Waals surface area contributed by atoms with E-state index in [0.717, 1.165) is 10.5 Å². The summed E-state index contributed by atoms with van der Waals surface area (Å²) in [7, 11) is -4.01. The molecule has 1 amide bonds. The van der Waals surface area contributed by atoms with Gasteiger partial charge in [-0.05, 0) is 39.8 Å². The Bertz CT molecular complexity index is 789. The van der Waals surface area contributed by atoms with Gasteiger partial charge in [-0.3, -0.25) is 10.3 Å². The molecule has 1 aromatic rings. The highest BCUT2D eigenvalue weighted by atomic mass is 32.2. The number of carbonyl (C=O) groups excluding carboxylic acids is 1. The molecular formula is C16H20N2O5S. The number of nitrogens with one attached hydrogen (secondary N) is 1. The van der Waals surface area contributed by atoms with Crippen molar-refractivity contribution in [2.24, 2.45) is 0 Å². The minimum atomic E-state index is -4.01. The second-order valence-electron chi connectivity index (χ2n) is 6.41. The molecule has 1 N–H and O–H groups in total. The Kier molecular flexibility index (Phi) is 4.70. The molecule has 0 spiro atoms. The number of hydrogen-bond donors (Lipinski definition) is 1. The smallest absolute Gasteiger partial charge is 0.416 e. The molecule has 24 heavy (non-hydrogen) atoms. The second-order valence-corrected chi connectivity index (χ2v) is 7.96. The van der Waals surface area contributed by atoms with Crippen molar-refractivity contribution in [2.75, 3.05) is 6.54 Å². The largest absolute Gasteiger partial charge is 0.443 e. The van der Waals surface area contributed by atoms with Crippen LogP contribution in [0.25, 0.3) is 0 Å². The van der Waals surface area contributed by atoms with E-state index in [1.165, 1.54) is 18.2 Å². The molecule has 1 heterocycles. The monoisotopic (exact) mass is 352 g/mol. The molecule has 130 valence electrons. The lowest BCUT2D eigenvalue weighted by atomic mass is 10.2. The molecule has 0 bridgehead atoms. The zero-order valence-corrected chi connectivity index (χ0v) is 14.8. The quantitative estimate of drug-likeness (QED) is 0.844. The zero-order valence-electron chi connectivity index (χ0n) is 14.0. The minimum Gasteiger partial charge on any atom is -0.443 e. The first-order valence-corrected chi connectivity index (χ1v) is 8.69. The summed E-state index contributed by atoms with van der Waals surface area (Å²) in [6.07, 6.45) is 0.463. The Labute approximate surface area is 141 Å². The predicted octanol–water partition coefficient (Wildman–Crippen LogP) is 2.81. The van der Waals surface area contributed by atoms with Crippen molar-refractivity contribution in [1.82, 2.24) is 4.90 Å². The number of amides is 1. The second kappa shape index (κ2) is 6.27. The van der Waals surface area contributed by atoms with Gasteiger partial charge in [0.05, 0.1) is 6.54 Å². The number of carbonyl (C=O) groups is 1. The molecule has 1 aliphatic rings. The highest BCUT2D eigenvalue weighted by Gasteiger charge is 2.32. The van der Waals surface area contributed by atoms with Crippen molar-refractivity contribution in [3.8, 4) is 0 Å². The Hall–Kier alpha value is -2.35. The van der Waals surface area contributed by atoms with Crippen LogP contribution < -0.4 is 0 Å². The third-order valence-electron chi connectivity index (χ3n) is 3.04. The maximum atomic E-state index is 12.2. The lowest BCUT2D eigenvalue weighted by Crippen LogP contribution is -2.38. The average molecular weight is 352 g/mol. The molecular weight excluding hydrogens is 332 g/mol. The topological polar surface area (TPSA) is 96.8 Å². The van der Waals surface area contributed by atoms with Gasteiger partial charge in [-0.15, -0.1) is 0 Å².